The standard InChI is InChI=1S/C20H20N4O2S/c21-18(25)15-8-5-13(20(26)23-14-6-7-14)11-12(15)9-10-22-19-16-3-1-2-4-17(16)27-24-19/h1-5,8,11,14H,6-7,9-10H2,(H2,21,25)(H,22,24)(H,23,26). The predicted molar refractivity (Wildman–Crippen MR) is 107 cm³/mol. The maximum absolute atomic E-state index is 12.3. The highest BCUT2D eigenvalue weighted by Crippen LogP contribution is 2.26. The molecule has 1 fully saturated rings. The molecule has 4 rings (SSSR count). The minimum Gasteiger partial charge on any atom is -0.368 e. The second-order valence-corrected chi connectivity index (χ2v) is 7.49. The van der Waals surface area contributed by atoms with Gasteiger partial charge in [-0.05, 0) is 66.7 Å². The lowest BCUT2D eigenvalue weighted by Gasteiger charge is -2.11. The van der Waals surface area contributed by atoms with E-state index in [4.69, 9.17) is 5.73 Å². The van der Waals surface area contributed by atoms with Crippen LogP contribution in [0, 0.1) is 0 Å². The van der Waals surface area contributed by atoms with Gasteiger partial charge in [-0.25, -0.2) is 0 Å². The molecular weight excluding hydrogens is 360 g/mol. The lowest BCUT2D eigenvalue weighted by Crippen LogP contribution is -2.26. The van der Waals surface area contributed by atoms with Crippen LogP contribution in [0.25, 0.3) is 10.1 Å². The van der Waals surface area contributed by atoms with Gasteiger partial charge in [0, 0.05) is 29.1 Å². The maximum atomic E-state index is 12.3. The number of hydrogen-bond donors (Lipinski definition) is 3. The van der Waals surface area contributed by atoms with Gasteiger partial charge in [-0.1, -0.05) is 12.1 Å². The van der Waals surface area contributed by atoms with E-state index < -0.39 is 5.91 Å². The van der Waals surface area contributed by atoms with Crippen molar-refractivity contribution in [3.63, 3.8) is 0 Å². The molecule has 27 heavy (non-hydrogen) atoms. The van der Waals surface area contributed by atoms with Gasteiger partial charge in [-0.2, -0.15) is 4.37 Å². The normalized spacial score (nSPS) is 13.5. The number of primary amides is 1. The van der Waals surface area contributed by atoms with E-state index in [9.17, 15) is 9.59 Å². The smallest absolute Gasteiger partial charge is 0.251 e. The first-order valence-electron chi connectivity index (χ1n) is 8.93. The fourth-order valence-corrected chi connectivity index (χ4v) is 3.76. The van der Waals surface area contributed by atoms with Gasteiger partial charge in [0.2, 0.25) is 5.91 Å². The number of benzene rings is 2. The first kappa shape index (κ1) is 17.5. The summed E-state index contributed by atoms with van der Waals surface area (Å²) >= 11 is 1.45. The Kier molecular flexibility index (Phi) is 4.77. The third-order valence-electron chi connectivity index (χ3n) is 4.61. The second-order valence-electron chi connectivity index (χ2n) is 6.69. The van der Waals surface area contributed by atoms with Crippen LogP contribution in [0.5, 0.6) is 0 Å². The zero-order valence-corrected chi connectivity index (χ0v) is 15.5. The average molecular weight is 380 g/mol. The summed E-state index contributed by atoms with van der Waals surface area (Å²) in [6.07, 6.45) is 2.63. The van der Waals surface area contributed by atoms with Gasteiger partial charge in [0.25, 0.3) is 5.91 Å². The van der Waals surface area contributed by atoms with Crippen LogP contribution in [0.4, 0.5) is 5.82 Å². The van der Waals surface area contributed by atoms with Crippen molar-refractivity contribution < 1.29 is 9.59 Å². The summed E-state index contributed by atoms with van der Waals surface area (Å²) in [5.41, 5.74) is 7.27. The number of carbonyl (C=O) groups excluding carboxylic acids is 2. The summed E-state index contributed by atoms with van der Waals surface area (Å²) in [5, 5.41) is 7.36. The first-order valence-corrected chi connectivity index (χ1v) is 9.71. The number of aromatic nitrogens is 1. The van der Waals surface area contributed by atoms with Gasteiger partial charge in [-0.3, -0.25) is 9.59 Å². The summed E-state index contributed by atoms with van der Waals surface area (Å²) < 4.78 is 5.57. The SMILES string of the molecule is NC(=O)c1ccc(C(=O)NC2CC2)cc1CCNc1nsc2ccccc12. The molecule has 1 heterocycles. The van der Waals surface area contributed by atoms with Crippen LogP contribution in [0.1, 0.15) is 39.1 Å². The van der Waals surface area contributed by atoms with Crippen LogP contribution >= 0.6 is 11.5 Å². The predicted octanol–water partition coefficient (Wildman–Crippen LogP) is 2.94. The number of carbonyl (C=O) groups is 2. The molecular formula is C20H20N4O2S. The molecule has 1 aromatic heterocycles. The largest absolute Gasteiger partial charge is 0.368 e. The summed E-state index contributed by atoms with van der Waals surface area (Å²) in [6, 6.07) is 13.4. The molecule has 0 aliphatic heterocycles. The van der Waals surface area contributed by atoms with Crippen molar-refractivity contribution in [1.82, 2.24) is 9.69 Å². The Hall–Kier alpha value is -2.93. The molecule has 0 radical (unpaired) electrons. The minimum absolute atomic E-state index is 0.103. The number of amides is 2. The summed E-state index contributed by atoms with van der Waals surface area (Å²) in [5.74, 6) is 0.241. The summed E-state index contributed by atoms with van der Waals surface area (Å²) in [4.78, 5) is 24.0. The first-order chi connectivity index (χ1) is 13.1. The highest BCUT2D eigenvalue weighted by Gasteiger charge is 2.24. The average Bonchev–Trinajstić information content (AvgIpc) is 3.39. The molecule has 0 bridgehead atoms. The zero-order valence-electron chi connectivity index (χ0n) is 14.7. The van der Waals surface area contributed by atoms with E-state index in [1.165, 1.54) is 11.5 Å². The van der Waals surface area contributed by atoms with Gasteiger partial charge in [0.1, 0.15) is 5.82 Å². The van der Waals surface area contributed by atoms with Gasteiger partial charge < -0.3 is 16.4 Å². The van der Waals surface area contributed by atoms with Gasteiger partial charge in [0.05, 0.1) is 4.70 Å². The molecule has 0 saturated heterocycles. The lowest BCUT2D eigenvalue weighted by atomic mass is 10.00. The van der Waals surface area contributed by atoms with E-state index >= 15 is 0 Å². The van der Waals surface area contributed by atoms with Crippen molar-refractivity contribution >= 4 is 39.3 Å². The van der Waals surface area contributed by atoms with Crippen LogP contribution in [-0.2, 0) is 6.42 Å². The number of nitrogens with zero attached hydrogens (tertiary/aromatic N) is 1. The summed E-state index contributed by atoms with van der Waals surface area (Å²) in [6.45, 7) is 0.585. The lowest BCUT2D eigenvalue weighted by molar-refractivity contribution is 0.0948. The second kappa shape index (κ2) is 7.36. The molecule has 1 aliphatic carbocycles. The molecule has 0 atom stereocenters. The number of rotatable bonds is 7. The molecule has 0 unspecified atom stereocenters. The molecule has 4 N–H and O–H groups in total. The number of nitrogens with two attached hydrogens (primary N) is 1. The van der Waals surface area contributed by atoms with E-state index in [1.807, 2.05) is 24.3 Å². The molecule has 0 spiro atoms. The molecule has 1 saturated carbocycles. The molecule has 138 valence electrons. The quantitative estimate of drug-likeness (QED) is 0.587. The number of anilines is 1. The van der Waals surface area contributed by atoms with Crippen molar-refractivity contribution in [2.24, 2.45) is 5.73 Å². The summed E-state index contributed by atoms with van der Waals surface area (Å²) in [7, 11) is 0. The number of fused-ring (bicyclic) bond motifs is 1. The molecule has 2 aromatic carbocycles. The zero-order chi connectivity index (χ0) is 18.8. The Bertz CT molecular complexity index is 1010. The van der Waals surface area contributed by atoms with E-state index in [2.05, 4.69) is 15.0 Å². The van der Waals surface area contributed by atoms with E-state index in [1.54, 1.807) is 18.2 Å². The Balaban J connectivity index is 1.49. The molecule has 7 heteroatoms. The highest BCUT2D eigenvalue weighted by atomic mass is 32.1. The third-order valence-corrected chi connectivity index (χ3v) is 5.44. The van der Waals surface area contributed by atoms with Crippen LogP contribution < -0.4 is 16.4 Å². The fourth-order valence-electron chi connectivity index (χ4n) is 3.01. The molecule has 3 aromatic rings. The molecule has 6 nitrogen and oxygen atoms in total. The highest BCUT2D eigenvalue weighted by molar-refractivity contribution is 7.13. The third kappa shape index (κ3) is 3.93. The Morgan fingerprint density at radius 1 is 1.19 bits per heavy atom. The van der Waals surface area contributed by atoms with Gasteiger partial charge >= 0.3 is 0 Å². The fraction of sp³-hybridized carbons (Fsp3) is 0.250. The van der Waals surface area contributed by atoms with Crippen LogP contribution in [0.2, 0.25) is 0 Å². The topological polar surface area (TPSA) is 97.1 Å². The van der Waals surface area contributed by atoms with Crippen LogP contribution in [0.15, 0.2) is 42.5 Å². The molecule has 2 amide bonds. The van der Waals surface area contributed by atoms with Crippen LogP contribution in [-0.4, -0.2) is 28.8 Å². The van der Waals surface area contributed by atoms with Crippen molar-refractivity contribution in [3.8, 4) is 0 Å². The maximum Gasteiger partial charge on any atom is 0.251 e. The Morgan fingerprint density at radius 3 is 2.78 bits per heavy atom. The number of hydrogen-bond acceptors (Lipinski definition) is 5. The molecule has 1 aliphatic rings. The van der Waals surface area contributed by atoms with Crippen molar-refractivity contribution in [1.29, 1.82) is 0 Å². The minimum atomic E-state index is -0.488. The van der Waals surface area contributed by atoms with Crippen molar-refractivity contribution in [3.05, 3.63) is 59.2 Å². The van der Waals surface area contributed by atoms with E-state index in [-0.39, 0.29) is 11.9 Å². The van der Waals surface area contributed by atoms with Crippen molar-refractivity contribution in [2.75, 3.05) is 11.9 Å². The van der Waals surface area contributed by atoms with E-state index in [0.717, 1.165) is 34.3 Å². The van der Waals surface area contributed by atoms with E-state index in [0.29, 0.717) is 24.1 Å². The van der Waals surface area contributed by atoms with Gasteiger partial charge in [-0.15, -0.1) is 0 Å². The number of nitrogens with one attached hydrogen (secondary N) is 2. The Labute approximate surface area is 160 Å². The monoisotopic (exact) mass is 380 g/mol. The van der Waals surface area contributed by atoms with Gasteiger partial charge in [0.15, 0.2) is 0 Å². The van der Waals surface area contributed by atoms with Crippen LogP contribution in [0.3, 0.4) is 0 Å². The van der Waals surface area contributed by atoms with Crippen molar-refractivity contribution in [2.45, 2.75) is 25.3 Å². The Morgan fingerprint density at radius 2 is 2.00 bits per heavy atom.